The van der Waals surface area contributed by atoms with Crippen molar-refractivity contribution in [1.82, 2.24) is 9.55 Å². The summed E-state index contributed by atoms with van der Waals surface area (Å²) in [5, 5.41) is 28.5. The van der Waals surface area contributed by atoms with Crippen molar-refractivity contribution in [3.05, 3.63) is 22.7 Å². The van der Waals surface area contributed by atoms with E-state index in [0.29, 0.717) is 6.42 Å². The van der Waals surface area contributed by atoms with E-state index >= 15 is 0 Å². The van der Waals surface area contributed by atoms with Crippen molar-refractivity contribution in [2.24, 2.45) is 5.92 Å². The third kappa shape index (κ3) is 2.04. The van der Waals surface area contributed by atoms with Gasteiger partial charge in [-0.15, -0.1) is 0 Å². The Labute approximate surface area is 97.1 Å². The molecule has 7 heteroatoms. The van der Waals surface area contributed by atoms with Crippen LogP contribution >= 0.6 is 0 Å². The molecule has 0 aliphatic heterocycles. The number of rotatable bonds is 2. The molecule has 1 aliphatic carbocycles. The van der Waals surface area contributed by atoms with E-state index in [0.717, 1.165) is 0 Å². The largest absolute Gasteiger partial charge is 0.396 e. The number of aromatic nitrogens is 2. The van der Waals surface area contributed by atoms with Crippen LogP contribution < -0.4 is 11.4 Å². The minimum absolute atomic E-state index is 0.109. The highest BCUT2D eigenvalue weighted by Gasteiger charge is 2.42. The average molecular weight is 241 g/mol. The normalized spacial score (nSPS) is 32.9. The van der Waals surface area contributed by atoms with Crippen LogP contribution in [-0.2, 0) is 0 Å². The van der Waals surface area contributed by atoms with Gasteiger partial charge >= 0.3 is 5.69 Å². The number of aliphatic hydroxyl groups is 3. The summed E-state index contributed by atoms with van der Waals surface area (Å²) in [6.07, 6.45) is -0.361. The van der Waals surface area contributed by atoms with Crippen LogP contribution in [0.25, 0.3) is 0 Å². The Hall–Kier alpha value is -1.44. The zero-order chi connectivity index (χ0) is 12.6. The van der Waals surface area contributed by atoms with E-state index in [-0.39, 0.29) is 12.4 Å². The maximum atomic E-state index is 11.6. The Morgan fingerprint density at radius 3 is 2.71 bits per heavy atom. The second-order valence-corrected chi connectivity index (χ2v) is 4.27. The summed E-state index contributed by atoms with van der Waals surface area (Å²) in [6, 6.07) is 0.870. The first kappa shape index (κ1) is 12.0. The van der Waals surface area contributed by atoms with Crippen molar-refractivity contribution in [2.75, 3.05) is 12.3 Å². The molecular formula is C10H15N3O4. The molecule has 0 bridgehead atoms. The second kappa shape index (κ2) is 4.44. The van der Waals surface area contributed by atoms with E-state index < -0.39 is 29.9 Å². The van der Waals surface area contributed by atoms with E-state index in [4.69, 9.17) is 10.8 Å². The molecule has 2 rings (SSSR count). The number of nitrogens with zero attached hydrogens (tertiary/aromatic N) is 2. The van der Waals surface area contributed by atoms with Gasteiger partial charge in [-0.05, 0) is 12.5 Å². The van der Waals surface area contributed by atoms with Gasteiger partial charge in [-0.3, -0.25) is 4.57 Å². The van der Waals surface area contributed by atoms with Crippen LogP contribution in [0.5, 0.6) is 0 Å². The molecule has 1 aliphatic rings. The minimum atomic E-state index is -1.09. The molecule has 7 nitrogen and oxygen atoms in total. The summed E-state index contributed by atoms with van der Waals surface area (Å²) >= 11 is 0. The van der Waals surface area contributed by atoms with Crippen LogP contribution in [-0.4, -0.2) is 43.7 Å². The zero-order valence-electron chi connectivity index (χ0n) is 9.10. The number of hydrogen-bond acceptors (Lipinski definition) is 6. The van der Waals surface area contributed by atoms with E-state index in [2.05, 4.69) is 4.98 Å². The number of anilines is 1. The molecule has 0 amide bonds. The van der Waals surface area contributed by atoms with Gasteiger partial charge in [-0.2, -0.15) is 4.98 Å². The molecule has 4 atom stereocenters. The number of nitrogen functional groups attached to an aromatic ring is 1. The van der Waals surface area contributed by atoms with Gasteiger partial charge in [0.15, 0.2) is 0 Å². The summed E-state index contributed by atoms with van der Waals surface area (Å²) in [5.74, 6) is -0.322. The lowest BCUT2D eigenvalue weighted by Crippen LogP contribution is -2.35. The van der Waals surface area contributed by atoms with E-state index in [1.54, 1.807) is 0 Å². The molecule has 1 aromatic rings. The fourth-order valence-electron chi connectivity index (χ4n) is 2.23. The van der Waals surface area contributed by atoms with Crippen molar-refractivity contribution in [1.29, 1.82) is 0 Å². The fraction of sp³-hybridized carbons (Fsp3) is 0.600. The zero-order valence-corrected chi connectivity index (χ0v) is 9.10. The van der Waals surface area contributed by atoms with Gasteiger partial charge in [0.25, 0.3) is 0 Å². The van der Waals surface area contributed by atoms with Crippen molar-refractivity contribution >= 4 is 5.82 Å². The van der Waals surface area contributed by atoms with Gasteiger partial charge in [-0.25, -0.2) is 4.79 Å². The van der Waals surface area contributed by atoms with Crippen molar-refractivity contribution in [3.63, 3.8) is 0 Å². The van der Waals surface area contributed by atoms with Crippen molar-refractivity contribution < 1.29 is 15.3 Å². The Bertz CT molecular complexity index is 461. The lowest BCUT2D eigenvalue weighted by atomic mass is 10.1. The highest BCUT2D eigenvalue weighted by molar-refractivity contribution is 5.23. The van der Waals surface area contributed by atoms with Crippen LogP contribution in [0.1, 0.15) is 12.5 Å². The first-order chi connectivity index (χ1) is 8.04. The second-order valence-electron chi connectivity index (χ2n) is 4.27. The lowest BCUT2D eigenvalue weighted by molar-refractivity contribution is -0.00453. The van der Waals surface area contributed by atoms with Crippen molar-refractivity contribution in [3.8, 4) is 0 Å². The van der Waals surface area contributed by atoms with Crippen LogP contribution in [0, 0.1) is 5.92 Å². The van der Waals surface area contributed by atoms with Crippen LogP contribution in [0.4, 0.5) is 5.82 Å². The Balaban J connectivity index is 2.32. The number of aliphatic hydroxyl groups excluding tert-OH is 3. The topological polar surface area (TPSA) is 122 Å². The quantitative estimate of drug-likeness (QED) is 0.480. The molecule has 0 spiro atoms. The summed E-state index contributed by atoms with van der Waals surface area (Å²) < 4.78 is 1.24. The lowest BCUT2D eigenvalue weighted by Gasteiger charge is -2.18. The van der Waals surface area contributed by atoms with Gasteiger partial charge < -0.3 is 21.1 Å². The highest BCUT2D eigenvalue weighted by atomic mass is 16.3. The molecule has 0 radical (unpaired) electrons. The molecule has 1 saturated carbocycles. The van der Waals surface area contributed by atoms with Crippen LogP contribution in [0.2, 0.25) is 0 Å². The predicted molar refractivity (Wildman–Crippen MR) is 59.2 cm³/mol. The minimum Gasteiger partial charge on any atom is -0.396 e. The monoisotopic (exact) mass is 241 g/mol. The van der Waals surface area contributed by atoms with Crippen LogP contribution in [0.3, 0.4) is 0 Å². The van der Waals surface area contributed by atoms with E-state index in [1.165, 1.54) is 16.8 Å². The molecule has 0 aromatic carbocycles. The molecule has 5 N–H and O–H groups in total. The summed E-state index contributed by atoms with van der Waals surface area (Å²) in [4.78, 5) is 15.1. The first-order valence-corrected chi connectivity index (χ1v) is 5.36. The maximum Gasteiger partial charge on any atom is 0.349 e. The molecule has 0 saturated heterocycles. The van der Waals surface area contributed by atoms with E-state index in [1.807, 2.05) is 0 Å². The average Bonchev–Trinajstić information content (AvgIpc) is 2.57. The maximum absolute atomic E-state index is 11.6. The Kier molecular flexibility index (Phi) is 3.14. The third-order valence-corrected chi connectivity index (χ3v) is 3.21. The predicted octanol–water partition coefficient (Wildman–Crippen LogP) is -1.90. The summed E-state index contributed by atoms with van der Waals surface area (Å²) in [5.41, 5.74) is 4.80. The molecular weight excluding hydrogens is 226 g/mol. The summed E-state index contributed by atoms with van der Waals surface area (Å²) in [6.45, 7) is -0.230. The third-order valence-electron chi connectivity index (χ3n) is 3.21. The first-order valence-electron chi connectivity index (χ1n) is 5.36. The van der Waals surface area contributed by atoms with Gasteiger partial charge in [-0.1, -0.05) is 0 Å². The molecule has 1 fully saturated rings. The van der Waals surface area contributed by atoms with Crippen molar-refractivity contribution in [2.45, 2.75) is 24.7 Å². The van der Waals surface area contributed by atoms with Gasteiger partial charge in [0, 0.05) is 18.7 Å². The SMILES string of the molecule is Nc1ccn(C2C[C@H](CO)[C@@H](O)[C@H]2O)c(=O)n1. The molecule has 1 heterocycles. The smallest absolute Gasteiger partial charge is 0.349 e. The molecule has 17 heavy (non-hydrogen) atoms. The molecule has 94 valence electrons. The van der Waals surface area contributed by atoms with Crippen LogP contribution in [0.15, 0.2) is 17.1 Å². The molecule has 1 unspecified atom stereocenters. The van der Waals surface area contributed by atoms with Gasteiger partial charge in [0.1, 0.15) is 11.9 Å². The highest BCUT2D eigenvalue weighted by Crippen LogP contribution is 2.34. The standard InChI is InChI=1S/C10H15N3O4/c11-7-1-2-13(10(17)12-7)6-3-5(4-14)8(15)9(6)16/h1-2,5-6,8-9,14-16H,3-4H2,(H2,11,12,17)/t5-,6?,8-,9+/m1/s1. The molecule has 1 aromatic heterocycles. The summed E-state index contributed by atoms with van der Waals surface area (Å²) in [7, 11) is 0. The van der Waals surface area contributed by atoms with E-state index in [9.17, 15) is 15.0 Å². The van der Waals surface area contributed by atoms with Gasteiger partial charge in [0.2, 0.25) is 0 Å². The Morgan fingerprint density at radius 2 is 2.18 bits per heavy atom. The fourth-order valence-corrected chi connectivity index (χ4v) is 2.23. The van der Waals surface area contributed by atoms with Gasteiger partial charge in [0.05, 0.1) is 12.1 Å². The number of hydrogen-bond donors (Lipinski definition) is 4. The Morgan fingerprint density at radius 1 is 1.47 bits per heavy atom. The number of nitrogens with two attached hydrogens (primary N) is 1.